The molecule has 0 saturated carbocycles. The summed E-state index contributed by atoms with van der Waals surface area (Å²) in [4.78, 5) is 21.8. The lowest BCUT2D eigenvalue weighted by Gasteiger charge is -2.25. The Balaban J connectivity index is 2.01. The Morgan fingerprint density at radius 1 is 1.47 bits per heavy atom. The zero-order chi connectivity index (χ0) is 12.3. The third-order valence-electron chi connectivity index (χ3n) is 2.56. The Bertz CT molecular complexity index is 443. The summed E-state index contributed by atoms with van der Waals surface area (Å²) in [7, 11) is 0. The van der Waals surface area contributed by atoms with E-state index in [1.54, 1.807) is 12.1 Å². The van der Waals surface area contributed by atoms with E-state index in [0.717, 1.165) is 0 Å². The molecular weight excluding hydrogens is 224 g/mol. The van der Waals surface area contributed by atoms with Crippen LogP contribution in [0.3, 0.4) is 0 Å². The van der Waals surface area contributed by atoms with Crippen LogP contribution in [-0.4, -0.2) is 24.0 Å². The van der Waals surface area contributed by atoms with Crippen molar-refractivity contribution in [2.75, 3.05) is 18.5 Å². The summed E-state index contributed by atoms with van der Waals surface area (Å²) >= 11 is 0. The van der Waals surface area contributed by atoms with Crippen LogP contribution in [0, 0.1) is 16.0 Å². The minimum atomic E-state index is -0.512. The van der Waals surface area contributed by atoms with Gasteiger partial charge in [-0.25, -0.2) is 0 Å². The lowest BCUT2D eigenvalue weighted by Crippen LogP contribution is -2.31. The van der Waals surface area contributed by atoms with Gasteiger partial charge in [0.2, 0.25) is 5.91 Å². The lowest BCUT2D eigenvalue weighted by molar-refractivity contribution is -0.383. The van der Waals surface area contributed by atoms with E-state index in [1.165, 1.54) is 12.1 Å². The van der Waals surface area contributed by atoms with Crippen LogP contribution < -0.4 is 5.32 Å². The smallest absolute Gasteiger partial charge is 0.292 e. The minimum absolute atomic E-state index is 0.0919. The highest BCUT2D eigenvalue weighted by atomic mass is 16.6. The predicted octanol–water partition coefficient (Wildman–Crippen LogP) is 1.57. The molecule has 0 aliphatic carbocycles. The first-order chi connectivity index (χ1) is 8.16. The Morgan fingerprint density at radius 3 is 2.76 bits per heavy atom. The highest BCUT2D eigenvalue weighted by molar-refractivity contribution is 5.93. The van der Waals surface area contributed by atoms with Gasteiger partial charge in [-0.1, -0.05) is 12.1 Å². The number of nitro benzene ring substituents is 1. The van der Waals surface area contributed by atoms with Crippen molar-refractivity contribution < 1.29 is 14.5 Å². The molecule has 0 bridgehead atoms. The average Bonchev–Trinajstić information content (AvgIpc) is 2.24. The molecular formula is C11H12N2O4. The van der Waals surface area contributed by atoms with Crippen molar-refractivity contribution in [1.29, 1.82) is 0 Å². The number of hydrogen-bond acceptors (Lipinski definition) is 4. The molecule has 1 amide bonds. The molecule has 0 unspecified atom stereocenters. The summed E-state index contributed by atoms with van der Waals surface area (Å²) in [6, 6.07) is 6.10. The standard InChI is InChI=1S/C11H12N2O4/c14-11(5-8-6-17-7-8)12-9-3-1-2-4-10(9)13(15)16/h1-4,8H,5-7H2,(H,12,14). The van der Waals surface area contributed by atoms with E-state index >= 15 is 0 Å². The summed E-state index contributed by atoms with van der Waals surface area (Å²) in [6.45, 7) is 1.18. The van der Waals surface area contributed by atoms with E-state index in [0.29, 0.717) is 19.6 Å². The number of anilines is 1. The van der Waals surface area contributed by atoms with Crippen molar-refractivity contribution in [3.8, 4) is 0 Å². The quantitative estimate of drug-likeness (QED) is 0.635. The van der Waals surface area contributed by atoms with Gasteiger partial charge in [0, 0.05) is 18.4 Å². The first-order valence-corrected chi connectivity index (χ1v) is 5.28. The summed E-state index contributed by atoms with van der Waals surface area (Å²) in [5.41, 5.74) is 0.147. The van der Waals surface area contributed by atoms with Crippen molar-refractivity contribution in [2.45, 2.75) is 6.42 Å². The molecule has 0 atom stereocenters. The highest BCUT2D eigenvalue weighted by Crippen LogP contribution is 2.24. The molecule has 2 rings (SSSR count). The Labute approximate surface area is 97.7 Å². The van der Waals surface area contributed by atoms with Crippen LogP contribution in [0.2, 0.25) is 0 Å². The van der Waals surface area contributed by atoms with Crippen LogP contribution in [-0.2, 0) is 9.53 Å². The fraction of sp³-hybridized carbons (Fsp3) is 0.364. The first-order valence-electron chi connectivity index (χ1n) is 5.28. The summed E-state index contributed by atoms with van der Waals surface area (Å²) in [5, 5.41) is 13.3. The van der Waals surface area contributed by atoms with Gasteiger partial charge in [0.1, 0.15) is 5.69 Å². The fourth-order valence-corrected chi connectivity index (χ4v) is 1.60. The van der Waals surface area contributed by atoms with Crippen LogP contribution in [0.15, 0.2) is 24.3 Å². The first kappa shape index (κ1) is 11.5. The Morgan fingerprint density at radius 2 is 2.18 bits per heavy atom. The lowest BCUT2D eigenvalue weighted by atomic mass is 10.0. The summed E-state index contributed by atoms with van der Waals surface area (Å²) in [5.74, 6) is 0.0189. The molecule has 0 aromatic heterocycles. The average molecular weight is 236 g/mol. The molecule has 17 heavy (non-hydrogen) atoms. The SMILES string of the molecule is O=C(CC1COC1)Nc1ccccc1[N+](=O)[O-]. The van der Waals surface area contributed by atoms with Crippen LogP contribution >= 0.6 is 0 Å². The van der Waals surface area contributed by atoms with E-state index in [1.807, 2.05) is 0 Å². The predicted molar refractivity (Wildman–Crippen MR) is 60.7 cm³/mol. The minimum Gasteiger partial charge on any atom is -0.381 e. The molecule has 1 fully saturated rings. The number of rotatable bonds is 4. The maximum Gasteiger partial charge on any atom is 0.292 e. The van der Waals surface area contributed by atoms with Gasteiger partial charge in [-0.15, -0.1) is 0 Å². The Hall–Kier alpha value is -1.95. The zero-order valence-electron chi connectivity index (χ0n) is 9.09. The molecule has 1 saturated heterocycles. The number of carbonyl (C=O) groups is 1. The van der Waals surface area contributed by atoms with E-state index in [9.17, 15) is 14.9 Å². The number of nitrogens with one attached hydrogen (secondary N) is 1. The van der Waals surface area contributed by atoms with E-state index in [-0.39, 0.29) is 23.2 Å². The van der Waals surface area contributed by atoms with Crippen molar-refractivity contribution in [2.24, 2.45) is 5.92 Å². The maximum atomic E-state index is 11.6. The van der Waals surface area contributed by atoms with E-state index in [2.05, 4.69) is 5.32 Å². The molecule has 6 heteroatoms. The molecule has 0 spiro atoms. The number of carbonyl (C=O) groups excluding carboxylic acids is 1. The van der Waals surface area contributed by atoms with Crippen LogP contribution in [0.1, 0.15) is 6.42 Å². The van der Waals surface area contributed by atoms with Crippen molar-refractivity contribution in [3.63, 3.8) is 0 Å². The number of para-hydroxylation sites is 2. The second kappa shape index (κ2) is 4.92. The third-order valence-corrected chi connectivity index (χ3v) is 2.56. The number of amides is 1. The van der Waals surface area contributed by atoms with Gasteiger partial charge in [-0.2, -0.15) is 0 Å². The monoisotopic (exact) mass is 236 g/mol. The number of ether oxygens (including phenoxy) is 1. The molecule has 6 nitrogen and oxygen atoms in total. The topological polar surface area (TPSA) is 81.5 Å². The summed E-state index contributed by atoms with van der Waals surface area (Å²) < 4.78 is 4.96. The summed E-state index contributed by atoms with van der Waals surface area (Å²) in [6.07, 6.45) is 0.339. The van der Waals surface area contributed by atoms with Crippen LogP contribution in [0.25, 0.3) is 0 Å². The number of nitrogens with zero attached hydrogens (tertiary/aromatic N) is 1. The molecule has 1 N–H and O–H groups in total. The normalized spacial score (nSPS) is 15.1. The molecule has 1 aliphatic rings. The zero-order valence-corrected chi connectivity index (χ0v) is 9.09. The number of benzene rings is 1. The highest BCUT2D eigenvalue weighted by Gasteiger charge is 2.23. The van der Waals surface area contributed by atoms with Gasteiger partial charge in [0.05, 0.1) is 18.1 Å². The van der Waals surface area contributed by atoms with Crippen molar-refractivity contribution in [3.05, 3.63) is 34.4 Å². The van der Waals surface area contributed by atoms with E-state index < -0.39 is 4.92 Å². The second-order valence-electron chi connectivity index (χ2n) is 3.93. The molecule has 1 heterocycles. The molecule has 90 valence electrons. The number of nitro groups is 1. The van der Waals surface area contributed by atoms with Gasteiger partial charge >= 0.3 is 0 Å². The van der Waals surface area contributed by atoms with Crippen molar-refractivity contribution in [1.82, 2.24) is 0 Å². The Kier molecular flexibility index (Phi) is 3.34. The second-order valence-corrected chi connectivity index (χ2v) is 3.93. The number of hydrogen-bond donors (Lipinski definition) is 1. The van der Waals surface area contributed by atoms with Crippen LogP contribution in [0.5, 0.6) is 0 Å². The van der Waals surface area contributed by atoms with Crippen molar-refractivity contribution >= 4 is 17.3 Å². The fourth-order valence-electron chi connectivity index (χ4n) is 1.60. The molecule has 1 aromatic rings. The van der Waals surface area contributed by atoms with E-state index in [4.69, 9.17) is 4.74 Å². The van der Waals surface area contributed by atoms with Gasteiger partial charge in [-0.3, -0.25) is 14.9 Å². The van der Waals surface area contributed by atoms with Gasteiger partial charge in [0.25, 0.3) is 5.69 Å². The molecule has 1 aliphatic heterocycles. The van der Waals surface area contributed by atoms with Gasteiger partial charge in [0.15, 0.2) is 0 Å². The molecule has 1 aromatic carbocycles. The maximum absolute atomic E-state index is 11.6. The van der Waals surface area contributed by atoms with Crippen LogP contribution in [0.4, 0.5) is 11.4 Å². The van der Waals surface area contributed by atoms with Gasteiger partial charge in [-0.05, 0) is 6.07 Å². The third kappa shape index (κ3) is 2.79. The largest absolute Gasteiger partial charge is 0.381 e. The van der Waals surface area contributed by atoms with Gasteiger partial charge < -0.3 is 10.1 Å². The molecule has 0 radical (unpaired) electrons.